The first kappa shape index (κ1) is 30.6. The minimum Gasteiger partial charge on any atom is -0.489 e. The second-order valence-corrected chi connectivity index (χ2v) is 14.1. The number of thiophene rings is 1. The monoisotopic (exact) mass is 678 g/mol. The van der Waals surface area contributed by atoms with Gasteiger partial charge in [0, 0.05) is 23.5 Å². The van der Waals surface area contributed by atoms with Gasteiger partial charge in [0.05, 0.1) is 39.4 Å². The topological polar surface area (TPSA) is 110 Å². The number of allylic oxidation sites excluding steroid dienone is 1. The summed E-state index contributed by atoms with van der Waals surface area (Å²) in [4.78, 5) is 14.1. The van der Waals surface area contributed by atoms with E-state index in [0.29, 0.717) is 30.8 Å². The fraction of sp³-hybridized carbons (Fsp3) is 0.441. The highest BCUT2D eigenvalue weighted by molar-refractivity contribution is 7.23. The summed E-state index contributed by atoms with van der Waals surface area (Å²) in [5.74, 6) is -0.588. The Labute approximate surface area is 279 Å². The van der Waals surface area contributed by atoms with Crippen LogP contribution >= 0.6 is 22.9 Å². The van der Waals surface area contributed by atoms with Gasteiger partial charge in [-0.05, 0) is 63.7 Å². The zero-order valence-electron chi connectivity index (χ0n) is 25.8. The van der Waals surface area contributed by atoms with E-state index in [-0.39, 0.29) is 85.0 Å². The van der Waals surface area contributed by atoms with E-state index in [0.717, 1.165) is 50.0 Å². The molecule has 0 amide bonds. The number of nitriles is 1. The van der Waals surface area contributed by atoms with E-state index in [1.165, 1.54) is 12.1 Å². The third-order valence-corrected chi connectivity index (χ3v) is 11.3. The van der Waals surface area contributed by atoms with Crippen LogP contribution in [0.5, 0.6) is 11.8 Å². The van der Waals surface area contributed by atoms with Crippen molar-refractivity contribution in [3.05, 3.63) is 46.5 Å². The largest absolute Gasteiger partial charge is 0.489 e. The number of ether oxygens (including phenoxy) is 3. The summed E-state index contributed by atoms with van der Waals surface area (Å²) in [6.45, 7) is 2.37. The van der Waals surface area contributed by atoms with Crippen LogP contribution in [0.25, 0.3) is 32.1 Å². The van der Waals surface area contributed by atoms with Gasteiger partial charge in [0.15, 0.2) is 11.6 Å². The van der Waals surface area contributed by atoms with Crippen LogP contribution < -0.4 is 20.1 Å². The summed E-state index contributed by atoms with van der Waals surface area (Å²) in [5, 5.41) is 10.6. The molecule has 0 saturated carbocycles. The number of anilines is 2. The fourth-order valence-electron chi connectivity index (χ4n) is 7.64. The van der Waals surface area contributed by atoms with Crippen molar-refractivity contribution in [3.63, 3.8) is 0 Å². The predicted octanol–water partition coefficient (Wildman–Crippen LogP) is 6.83. The van der Waals surface area contributed by atoms with E-state index < -0.39 is 11.6 Å². The molecule has 13 heteroatoms. The highest BCUT2D eigenvalue weighted by Crippen LogP contribution is 2.51. The molecule has 0 aliphatic carbocycles. The van der Waals surface area contributed by atoms with Gasteiger partial charge in [-0.1, -0.05) is 29.8 Å². The Morgan fingerprint density at radius 1 is 1.15 bits per heavy atom. The van der Waals surface area contributed by atoms with Crippen LogP contribution in [-0.2, 0) is 4.74 Å². The van der Waals surface area contributed by atoms with Gasteiger partial charge in [0.1, 0.15) is 40.9 Å². The molecule has 2 fully saturated rings. The van der Waals surface area contributed by atoms with Gasteiger partial charge in [-0.15, -0.1) is 11.3 Å². The molecule has 0 radical (unpaired) electrons. The Morgan fingerprint density at radius 2 is 2.00 bits per heavy atom. The molecule has 2 N–H and O–H groups in total. The lowest BCUT2D eigenvalue weighted by atomic mass is 9.96. The van der Waals surface area contributed by atoms with Gasteiger partial charge in [-0.25, -0.2) is 8.78 Å². The van der Waals surface area contributed by atoms with Crippen LogP contribution in [0.3, 0.4) is 0 Å². The smallest absolute Gasteiger partial charge is 0.319 e. The number of halogens is 3. The molecule has 2 aromatic heterocycles. The first-order chi connectivity index (χ1) is 22.8. The molecule has 4 aromatic rings. The van der Waals surface area contributed by atoms with Crippen molar-refractivity contribution in [1.29, 1.82) is 5.26 Å². The Balaban J connectivity index is 1.37. The van der Waals surface area contributed by atoms with Crippen molar-refractivity contribution in [2.24, 2.45) is 0 Å². The van der Waals surface area contributed by atoms with E-state index in [1.807, 2.05) is 0 Å². The third-order valence-electron chi connectivity index (χ3n) is 9.90. The van der Waals surface area contributed by atoms with Gasteiger partial charge in [0.25, 0.3) is 0 Å². The van der Waals surface area contributed by atoms with E-state index in [2.05, 4.69) is 35.1 Å². The fourth-order valence-corrected chi connectivity index (χ4v) is 8.92. The van der Waals surface area contributed by atoms with Crippen molar-refractivity contribution in [2.45, 2.75) is 62.8 Å². The molecule has 4 atom stereocenters. The Hall–Kier alpha value is -3.76. The number of nitrogen functional groups attached to an aromatic ring is 1. The zero-order chi connectivity index (χ0) is 32.4. The molecular weight excluding hydrogens is 646 g/mol. The number of likely N-dealkylation sites (N-methyl/N-ethyl adjacent to an activating group) is 1. The van der Waals surface area contributed by atoms with Crippen molar-refractivity contribution in [2.75, 3.05) is 44.0 Å². The molecule has 4 aliphatic rings. The van der Waals surface area contributed by atoms with Crippen LogP contribution in [0, 0.1) is 23.0 Å². The minimum absolute atomic E-state index is 0.00789. The Morgan fingerprint density at radius 3 is 2.81 bits per heavy atom. The number of fused-ring (bicyclic) bond motifs is 3. The summed E-state index contributed by atoms with van der Waals surface area (Å²) in [6.07, 6.45) is 9.16. The van der Waals surface area contributed by atoms with Crippen LogP contribution in [0.1, 0.15) is 44.1 Å². The van der Waals surface area contributed by atoms with Crippen LogP contribution in [0.2, 0.25) is 5.02 Å². The maximum Gasteiger partial charge on any atom is 0.319 e. The quantitative estimate of drug-likeness (QED) is 0.228. The summed E-state index contributed by atoms with van der Waals surface area (Å²) in [6, 6.07) is 4.84. The molecule has 4 bridgehead atoms. The molecule has 47 heavy (non-hydrogen) atoms. The molecule has 8 rings (SSSR count). The molecule has 2 saturated heterocycles. The van der Waals surface area contributed by atoms with E-state index in [1.54, 1.807) is 0 Å². The first-order valence-corrected chi connectivity index (χ1v) is 17.2. The van der Waals surface area contributed by atoms with Crippen LogP contribution in [-0.4, -0.2) is 72.5 Å². The van der Waals surface area contributed by atoms with Crippen LogP contribution in [0.15, 0.2) is 24.3 Å². The number of nitrogens with zero attached hydrogens (tertiary/aromatic N) is 5. The molecule has 6 heterocycles. The molecule has 2 aromatic carbocycles. The van der Waals surface area contributed by atoms with Gasteiger partial charge in [0.2, 0.25) is 0 Å². The number of hydrogen-bond acceptors (Lipinski definition) is 10. The summed E-state index contributed by atoms with van der Waals surface area (Å²) >= 11 is 8.00. The average molecular weight is 679 g/mol. The molecular formula is C34H33ClF2N6O3S. The second-order valence-electron chi connectivity index (χ2n) is 12.7. The van der Waals surface area contributed by atoms with Gasteiger partial charge < -0.3 is 24.8 Å². The molecule has 4 aliphatic heterocycles. The standard InChI is InChI=1S/C34H33ClF2N6O3S/c1-42-11-6-7-22(42)23-8-4-2-3-5-12-44-18-13-17-16-45-30-26-29(40-34(46-23)41-33(26)43(17)15-18)28(37)25(27(30)35)19-9-10-21(36)31-24(19)20(14-38)32(39)47-31/h2-3,9-10,17-18,22-23H,4-8,11-13,15-16,39H2,1H3/b3-2-. The normalized spacial score (nSPS) is 25.4. The first-order valence-electron chi connectivity index (χ1n) is 16.0. The number of hydrogen-bond donors (Lipinski definition) is 1. The van der Waals surface area contributed by atoms with Gasteiger partial charge in [-0.2, -0.15) is 15.2 Å². The zero-order valence-corrected chi connectivity index (χ0v) is 27.3. The highest BCUT2D eigenvalue weighted by Gasteiger charge is 2.41. The third kappa shape index (κ3) is 5.06. The maximum atomic E-state index is 17.2. The highest BCUT2D eigenvalue weighted by atomic mass is 35.5. The van der Waals surface area contributed by atoms with Crippen molar-refractivity contribution >= 4 is 54.7 Å². The molecule has 9 nitrogen and oxygen atoms in total. The molecule has 4 unspecified atom stereocenters. The minimum atomic E-state index is -0.742. The van der Waals surface area contributed by atoms with E-state index in [9.17, 15) is 5.26 Å². The summed E-state index contributed by atoms with van der Waals surface area (Å²) in [5.41, 5.74) is 6.35. The van der Waals surface area contributed by atoms with Gasteiger partial charge in [-0.3, -0.25) is 4.90 Å². The lowest BCUT2D eigenvalue weighted by Crippen LogP contribution is -2.40. The van der Waals surface area contributed by atoms with Crippen molar-refractivity contribution in [3.8, 4) is 29.0 Å². The van der Waals surface area contributed by atoms with Crippen molar-refractivity contribution in [1.82, 2.24) is 14.9 Å². The number of benzene rings is 2. The lowest BCUT2D eigenvalue weighted by Gasteiger charge is -2.29. The Kier molecular flexibility index (Phi) is 7.83. The van der Waals surface area contributed by atoms with Gasteiger partial charge >= 0.3 is 6.01 Å². The number of likely N-dealkylation sites (tertiary alicyclic amines) is 1. The number of aromatic nitrogens is 2. The predicted molar refractivity (Wildman–Crippen MR) is 178 cm³/mol. The number of rotatable bonds is 2. The Bertz CT molecular complexity index is 1980. The second kappa shape index (κ2) is 12.0. The SMILES string of the molecule is CN1CCCC1C1CC/C=C\CCOC2CC3COc4c(Cl)c(-c5ccc(F)c6sc(N)c(C#N)c56)c(F)c5nc(nc(c45)N3C2)O1. The maximum absolute atomic E-state index is 17.2. The van der Waals surface area contributed by atoms with E-state index >= 15 is 8.78 Å². The molecule has 0 spiro atoms. The molecule has 244 valence electrons. The van der Waals surface area contributed by atoms with Crippen molar-refractivity contribution < 1.29 is 23.0 Å². The van der Waals surface area contributed by atoms with E-state index in [4.69, 9.17) is 41.5 Å². The average Bonchev–Trinajstić information content (AvgIpc) is 3.74. The summed E-state index contributed by atoms with van der Waals surface area (Å²) < 4.78 is 51.7. The summed E-state index contributed by atoms with van der Waals surface area (Å²) in [7, 11) is 2.10. The number of nitrogens with two attached hydrogens (primary N) is 1. The van der Waals surface area contributed by atoms with Crippen LogP contribution in [0.4, 0.5) is 19.6 Å². The lowest BCUT2D eigenvalue weighted by molar-refractivity contribution is 0.0680.